The molecule has 1 aromatic heterocycles. The summed E-state index contributed by atoms with van der Waals surface area (Å²) in [5.74, 6) is 0.461. The van der Waals surface area contributed by atoms with E-state index in [-0.39, 0.29) is 11.9 Å². The van der Waals surface area contributed by atoms with Crippen molar-refractivity contribution in [3.63, 3.8) is 0 Å². The van der Waals surface area contributed by atoms with E-state index in [1.807, 2.05) is 0 Å². The van der Waals surface area contributed by atoms with Crippen molar-refractivity contribution in [1.29, 1.82) is 0 Å². The molecule has 1 amide bonds. The Morgan fingerprint density at radius 1 is 1.05 bits per heavy atom. The van der Waals surface area contributed by atoms with Gasteiger partial charge in [0.2, 0.25) is 0 Å². The molecule has 0 aliphatic heterocycles. The first-order chi connectivity index (χ1) is 10.1. The van der Waals surface area contributed by atoms with Gasteiger partial charge in [0.1, 0.15) is 0 Å². The molecule has 21 heavy (non-hydrogen) atoms. The number of nitrogens with one attached hydrogen (secondary N) is 1. The summed E-state index contributed by atoms with van der Waals surface area (Å²) in [6, 6.07) is 12.0. The summed E-state index contributed by atoms with van der Waals surface area (Å²) < 4.78 is 0. The highest BCUT2D eigenvalue weighted by Gasteiger charge is 2.14. The maximum absolute atomic E-state index is 12.2. The molecule has 2 rings (SSSR count). The molecular weight excluding hydrogens is 260 g/mol. The molecule has 0 radical (unpaired) electrons. The summed E-state index contributed by atoms with van der Waals surface area (Å²) in [6.45, 7) is 6.43. The molecule has 1 aromatic carbocycles. The molecule has 0 aliphatic carbocycles. The van der Waals surface area contributed by atoms with Gasteiger partial charge in [-0.05, 0) is 35.6 Å². The van der Waals surface area contributed by atoms with Crippen molar-refractivity contribution in [2.24, 2.45) is 0 Å². The fraction of sp³-hybridized carbons (Fsp3) is 0.333. The third-order valence-electron chi connectivity index (χ3n) is 3.66. The molecule has 3 heteroatoms. The number of hydrogen-bond donors (Lipinski definition) is 1. The number of rotatable bonds is 5. The molecule has 110 valence electrons. The van der Waals surface area contributed by atoms with Crippen LogP contribution in [0.1, 0.15) is 60.6 Å². The van der Waals surface area contributed by atoms with E-state index in [4.69, 9.17) is 0 Å². The monoisotopic (exact) mass is 282 g/mol. The van der Waals surface area contributed by atoms with Gasteiger partial charge in [0.15, 0.2) is 0 Å². The highest BCUT2D eigenvalue weighted by Crippen LogP contribution is 2.21. The van der Waals surface area contributed by atoms with E-state index in [0.717, 1.165) is 12.0 Å². The molecule has 0 fully saturated rings. The maximum atomic E-state index is 12.2. The van der Waals surface area contributed by atoms with Gasteiger partial charge in [0, 0.05) is 18.0 Å². The molecular formula is C18H22N2O. The number of carbonyl (C=O) groups is 1. The zero-order valence-corrected chi connectivity index (χ0v) is 12.8. The number of aromatic nitrogens is 1. The Morgan fingerprint density at radius 3 is 2.14 bits per heavy atom. The summed E-state index contributed by atoms with van der Waals surface area (Å²) in [5.41, 5.74) is 3.10. The number of nitrogens with zero attached hydrogens (tertiary/aromatic N) is 1. The largest absolute Gasteiger partial charge is 0.345 e. The quantitative estimate of drug-likeness (QED) is 0.897. The Hall–Kier alpha value is -2.16. The highest BCUT2D eigenvalue weighted by molar-refractivity contribution is 5.94. The second kappa shape index (κ2) is 7.02. The van der Waals surface area contributed by atoms with E-state index >= 15 is 0 Å². The maximum Gasteiger partial charge on any atom is 0.251 e. The normalized spacial score (nSPS) is 12.2. The third-order valence-corrected chi connectivity index (χ3v) is 3.66. The molecule has 0 spiro atoms. The van der Waals surface area contributed by atoms with Crippen LogP contribution in [0.2, 0.25) is 0 Å². The molecule has 0 aliphatic rings. The van der Waals surface area contributed by atoms with Crippen LogP contribution in [0.3, 0.4) is 0 Å². The second-order valence-corrected chi connectivity index (χ2v) is 5.49. The van der Waals surface area contributed by atoms with Crippen LogP contribution in [0.4, 0.5) is 0 Å². The van der Waals surface area contributed by atoms with Crippen molar-refractivity contribution >= 4 is 5.91 Å². The van der Waals surface area contributed by atoms with Gasteiger partial charge in [-0.3, -0.25) is 9.78 Å². The average molecular weight is 282 g/mol. The lowest BCUT2D eigenvalue weighted by Gasteiger charge is -2.18. The SMILES string of the molecule is CC[C@@H](NC(=O)c1ccncc1)c1ccc(C(C)C)cc1. The summed E-state index contributed by atoms with van der Waals surface area (Å²) in [7, 11) is 0. The Morgan fingerprint density at radius 2 is 1.62 bits per heavy atom. The zero-order valence-electron chi connectivity index (χ0n) is 12.8. The lowest BCUT2D eigenvalue weighted by molar-refractivity contribution is 0.0935. The molecule has 1 heterocycles. The van der Waals surface area contributed by atoms with Crippen LogP contribution in [0.5, 0.6) is 0 Å². The van der Waals surface area contributed by atoms with Crippen molar-refractivity contribution in [1.82, 2.24) is 10.3 Å². The number of amides is 1. The van der Waals surface area contributed by atoms with Gasteiger partial charge >= 0.3 is 0 Å². The Balaban J connectivity index is 2.11. The van der Waals surface area contributed by atoms with E-state index in [1.165, 1.54) is 5.56 Å². The Bertz CT molecular complexity index is 576. The summed E-state index contributed by atoms with van der Waals surface area (Å²) in [4.78, 5) is 16.2. The summed E-state index contributed by atoms with van der Waals surface area (Å²) in [6.07, 6.45) is 4.12. The zero-order chi connectivity index (χ0) is 15.2. The van der Waals surface area contributed by atoms with Crippen LogP contribution in [-0.4, -0.2) is 10.9 Å². The second-order valence-electron chi connectivity index (χ2n) is 5.49. The number of hydrogen-bond acceptors (Lipinski definition) is 2. The van der Waals surface area contributed by atoms with Gasteiger partial charge in [-0.25, -0.2) is 0 Å². The predicted octanol–water partition coefficient (Wildman–Crippen LogP) is 4.09. The van der Waals surface area contributed by atoms with Gasteiger partial charge in [0.25, 0.3) is 5.91 Å². The number of benzene rings is 1. The molecule has 0 saturated carbocycles. The predicted molar refractivity (Wildman–Crippen MR) is 85.3 cm³/mol. The first-order valence-electron chi connectivity index (χ1n) is 7.42. The van der Waals surface area contributed by atoms with Crippen LogP contribution >= 0.6 is 0 Å². The van der Waals surface area contributed by atoms with E-state index in [1.54, 1.807) is 24.5 Å². The van der Waals surface area contributed by atoms with Gasteiger partial charge in [-0.15, -0.1) is 0 Å². The lowest BCUT2D eigenvalue weighted by atomic mass is 9.98. The van der Waals surface area contributed by atoms with Crippen LogP contribution in [0.15, 0.2) is 48.8 Å². The molecule has 3 nitrogen and oxygen atoms in total. The van der Waals surface area contributed by atoms with Gasteiger partial charge in [-0.2, -0.15) is 0 Å². The van der Waals surface area contributed by atoms with Crippen molar-refractivity contribution in [2.45, 2.75) is 39.2 Å². The van der Waals surface area contributed by atoms with Crippen molar-refractivity contribution < 1.29 is 4.79 Å². The van der Waals surface area contributed by atoms with Gasteiger partial charge in [0.05, 0.1) is 6.04 Å². The molecule has 0 saturated heterocycles. The van der Waals surface area contributed by atoms with Crippen molar-refractivity contribution in [2.75, 3.05) is 0 Å². The first kappa shape index (κ1) is 15.2. The van der Waals surface area contributed by atoms with Crippen LogP contribution < -0.4 is 5.32 Å². The topological polar surface area (TPSA) is 42.0 Å². The van der Waals surface area contributed by atoms with Crippen molar-refractivity contribution in [3.8, 4) is 0 Å². The Labute approximate surface area is 126 Å². The van der Waals surface area contributed by atoms with Crippen LogP contribution in [0, 0.1) is 0 Å². The van der Waals surface area contributed by atoms with E-state index < -0.39 is 0 Å². The van der Waals surface area contributed by atoms with Gasteiger partial charge < -0.3 is 5.32 Å². The third kappa shape index (κ3) is 3.91. The minimum Gasteiger partial charge on any atom is -0.345 e. The average Bonchev–Trinajstić information content (AvgIpc) is 2.53. The molecule has 2 aromatic rings. The molecule has 0 bridgehead atoms. The van der Waals surface area contributed by atoms with Crippen molar-refractivity contribution in [3.05, 3.63) is 65.5 Å². The lowest BCUT2D eigenvalue weighted by Crippen LogP contribution is -2.28. The van der Waals surface area contributed by atoms with Crippen LogP contribution in [-0.2, 0) is 0 Å². The highest BCUT2D eigenvalue weighted by atomic mass is 16.1. The number of carbonyl (C=O) groups excluding carboxylic acids is 1. The van der Waals surface area contributed by atoms with E-state index in [2.05, 4.69) is 55.3 Å². The fourth-order valence-electron chi connectivity index (χ4n) is 2.28. The number of pyridine rings is 1. The Kier molecular flexibility index (Phi) is 5.09. The minimum absolute atomic E-state index is 0.0341. The summed E-state index contributed by atoms with van der Waals surface area (Å²) in [5, 5.41) is 3.08. The van der Waals surface area contributed by atoms with Gasteiger partial charge in [-0.1, -0.05) is 45.0 Å². The van der Waals surface area contributed by atoms with Crippen LogP contribution in [0.25, 0.3) is 0 Å². The minimum atomic E-state index is -0.0582. The molecule has 0 unspecified atom stereocenters. The smallest absolute Gasteiger partial charge is 0.251 e. The summed E-state index contributed by atoms with van der Waals surface area (Å²) >= 11 is 0. The molecule has 1 atom stereocenters. The molecule has 1 N–H and O–H groups in total. The van der Waals surface area contributed by atoms with E-state index in [9.17, 15) is 4.79 Å². The van der Waals surface area contributed by atoms with E-state index in [0.29, 0.717) is 11.5 Å². The standard InChI is InChI=1S/C18H22N2O/c1-4-17(15-7-5-14(6-8-15)13(2)3)20-18(21)16-9-11-19-12-10-16/h5-13,17H,4H2,1-3H3,(H,20,21)/t17-/m1/s1. The fourth-order valence-corrected chi connectivity index (χ4v) is 2.28. The first-order valence-corrected chi connectivity index (χ1v) is 7.42.